The molecule has 2 aromatic carbocycles. The zero-order valence-corrected chi connectivity index (χ0v) is 16.1. The SMILES string of the molecule is CC(=O)c1cccc(NC(=O)c2cc(NC(C)c3ccccc3)nc(C)n2)c1. The minimum absolute atomic E-state index is 0.0265. The van der Waals surface area contributed by atoms with E-state index in [1.165, 1.54) is 6.92 Å². The van der Waals surface area contributed by atoms with Gasteiger partial charge in [-0.25, -0.2) is 9.97 Å². The number of benzene rings is 2. The summed E-state index contributed by atoms with van der Waals surface area (Å²) < 4.78 is 0. The summed E-state index contributed by atoms with van der Waals surface area (Å²) in [7, 11) is 0. The van der Waals surface area contributed by atoms with Crippen molar-refractivity contribution in [3.8, 4) is 0 Å². The fourth-order valence-corrected chi connectivity index (χ4v) is 2.82. The van der Waals surface area contributed by atoms with Crippen molar-refractivity contribution in [2.24, 2.45) is 0 Å². The Balaban J connectivity index is 1.78. The largest absolute Gasteiger partial charge is 0.363 e. The fraction of sp³-hybridized carbons (Fsp3) is 0.182. The molecule has 1 unspecified atom stereocenters. The number of hydrogen-bond donors (Lipinski definition) is 2. The molecule has 0 aliphatic carbocycles. The molecule has 28 heavy (non-hydrogen) atoms. The maximum absolute atomic E-state index is 12.6. The standard InChI is InChI=1S/C22H22N4O2/c1-14(17-8-5-4-6-9-17)23-21-13-20(24-16(3)25-21)22(28)26-19-11-7-10-18(12-19)15(2)27/h4-14H,1-3H3,(H,26,28)(H,23,24,25). The van der Waals surface area contributed by atoms with Gasteiger partial charge in [0.15, 0.2) is 5.78 Å². The van der Waals surface area contributed by atoms with E-state index in [0.717, 1.165) is 5.56 Å². The molecule has 0 saturated carbocycles. The van der Waals surface area contributed by atoms with Crippen LogP contribution in [0.25, 0.3) is 0 Å². The number of anilines is 2. The highest BCUT2D eigenvalue weighted by molar-refractivity contribution is 6.04. The number of nitrogens with one attached hydrogen (secondary N) is 2. The molecule has 1 atom stereocenters. The average Bonchev–Trinajstić information content (AvgIpc) is 2.68. The van der Waals surface area contributed by atoms with Crippen LogP contribution in [-0.2, 0) is 0 Å². The third-order valence-electron chi connectivity index (χ3n) is 4.26. The molecular weight excluding hydrogens is 352 g/mol. The molecule has 0 fully saturated rings. The first-order valence-electron chi connectivity index (χ1n) is 9.02. The monoisotopic (exact) mass is 374 g/mol. The van der Waals surface area contributed by atoms with Crippen LogP contribution >= 0.6 is 0 Å². The van der Waals surface area contributed by atoms with Crippen LogP contribution in [0.1, 0.15) is 52.1 Å². The van der Waals surface area contributed by atoms with E-state index in [-0.39, 0.29) is 23.4 Å². The van der Waals surface area contributed by atoms with Gasteiger partial charge in [-0.1, -0.05) is 42.5 Å². The molecule has 6 heteroatoms. The Kier molecular flexibility index (Phi) is 5.79. The molecule has 0 aliphatic rings. The van der Waals surface area contributed by atoms with E-state index in [4.69, 9.17) is 0 Å². The van der Waals surface area contributed by atoms with Gasteiger partial charge in [0.1, 0.15) is 17.3 Å². The van der Waals surface area contributed by atoms with E-state index in [9.17, 15) is 9.59 Å². The van der Waals surface area contributed by atoms with E-state index in [0.29, 0.717) is 22.9 Å². The van der Waals surface area contributed by atoms with Crippen LogP contribution in [0.4, 0.5) is 11.5 Å². The number of nitrogens with zero attached hydrogens (tertiary/aromatic N) is 2. The lowest BCUT2D eigenvalue weighted by Crippen LogP contribution is -2.16. The van der Waals surface area contributed by atoms with E-state index < -0.39 is 0 Å². The maximum atomic E-state index is 12.6. The van der Waals surface area contributed by atoms with Crippen molar-refractivity contribution < 1.29 is 9.59 Å². The van der Waals surface area contributed by atoms with Gasteiger partial charge >= 0.3 is 0 Å². The summed E-state index contributed by atoms with van der Waals surface area (Å²) in [5.41, 5.74) is 2.45. The Hall–Kier alpha value is -3.54. The van der Waals surface area contributed by atoms with E-state index in [1.807, 2.05) is 37.3 Å². The first-order valence-corrected chi connectivity index (χ1v) is 9.02. The van der Waals surface area contributed by atoms with Gasteiger partial charge in [0.05, 0.1) is 0 Å². The van der Waals surface area contributed by atoms with E-state index >= 15 is 0 Å². The molecule has 6 nitrogen and oxygen atoms in total. The minimum atomic E-state index is -0.360. The van der Waals surface area contributed by atoms with E-state index in [1.54, 1.807) is 37.3 Å². The van der Waals surface area contributed by atoms with Gasteiger partial charge in [-0.15, -0.1) is 0 Å². The highest BCUT2D eigenvalue weighted by Gasteiger charge is 2.13. The Morgan fingerprint density at radius 2 is 1.71 bits per heavy atom. The van der Waals surface area contributed by atoms with Gasteiger partial charge < -0.3 is 10.6 Å². The zero-order valence-electron chi connectivity index (χ0n) is 16.1. The second kappa shape index (κ2) is 8.43. The lowest BCUT2D eigenvalue weighted by Gasteiger charge is -2.16. The van der Waals surface area contributed by atoms with Crippen molar-refractivity contribution in [3.63, 3.8) is 0 Å². The number of aryl methyl sites for hydroxylation is 1. The topological polar surface area (TPSA) is 84.0 Å². The van der Waals surface area contributed by atoms with Gasteiger partial charge in [-0.3, -0.25) is 9.59 Å². The summed E-state index contributed by atoms with van der Waals surface area (Å²) in [6.07, 6.45) is 0. The van der Waals surface area contributed by atoms with Gasteiger partial charge in [-0.2, -0.15) is 0 Å². The van der Waals surface area contributed by atoms with Crippen LogP contribution < -0.4 is 10.6 Å². The van der Waals surface area contributed by atoms with Gasteiger partial charge in [0.2, 0.25) is 0 Å². The minimum Gasteiger partial charge on any atom is -0.363 e. The molecule has 2 N–H and O–H groups in total. The van der Waals surface area contributed by atoms with Crippen molar-refractivity contribution in [2.75, 3.05) is 10.6 Å². The van der Waals surface area contributed by atoms with Crippen molar-refractivity contribution in [1.82, 2.24) is 9.97 Å². The summed E-state index contributed by atoms with van der Waals surface area (Å²) in [5.74, 6) is 0.649. The van der Waals surface area contributed by atoms with Gasteiger partial charge in [0.25, 0.3) is 5.91 Å². The Morgan fingerprint density at radius 1 is 0.964 bits per heavy atom. The summed E-state index contributed by atoms with van der Waals surface area (Å²) in [5, 5.41) is 6.09. The molecule has 0 radical (unpaired) electrons. The molecule has 142 valence electrons. The second-order valence-electron chi connectivity index (χ2n) is 6.55. The van der Waals surface area contributed by atoms with E-state index in [2.05, 4.69) is 20.6 Å². The van der Waals surface area contributed by atoms with Crippen LogP contribution in [-0.4, -0.2) is 21.7 Å². The van der Waals surface area contributed by atoms with Gasteiger partial charge in [0, 0.05) is 23.4 Å². The quantitative estimate of drug-likeness (QED) is 0.624. The first-order chi connectivity index (χ1) is 13.4. The molecule has 3 aromatic rings. The average molecular weight is 374 g/mol. The summed E-state index contributed by atoms with van der Waals surface area (Å²) in [6.45, 7) is 5.26. The molecular formula is C22H22N4O2. The Morgan fingerprint density at radius 3 is 2.43 bits per heavy atom. The summed E-state index contributed by atoms with van der Waals surface area (Å²) in [4.78, 5) is 32.8. The molecule has 1 amide bonds. The number of aromatic nitrogens is 2. The van der Waals surface area contributed by atoms with Crippen LogP contribution in [0.5, 0.6) is 0 Å². The Labute approximate surface area is 164 Å². The lowest BCUT2D eigenvalue weighted by molar-refractivity contribution is 0.100. The van der Waals surface area contributed by atoms with Crippen LogP contribution in [0.15, 0.2) is 60.7 Å². The van der Waals surface area contributed by atoms with Gasteiger partial charge in [-0.05, 0) is 38.5 Å². The molecule has 1 heterocycles. The smallest absolute Gasteiger partial charge is 0.274 e. The maximum Gasteiger partial charge on any atom is 0.274 e. The first kappa shape index (κ1) is 19.2. The molecule has 0 aliphatic heterocycles. The zero-order chi connectivity index (χ0) is 20.1. The molecule has 0 spiro atoms. The third kappa shape index (κ3) is 4.79. The highest BCUT2D eigenvalue weighted by Crippen LogP contribution is 2.19. The number of carbonyl (C=O) groups is 2. The summed E-state index contributed by atoms with van der Waals surface area (Å²) in [6, 6.07) is 18.4. The van der Waals surface area contributed by atoms with Crippen LogP contribution in [0, 0.1) is 6.92 Å². The summed E-state index contributed by atoms with van der Waals surface area (Å²) >= 11 is 0. The number of hydrogen-bond acceptors (Lipinski definition) is 5. The van der Waals surface area contributed by atoms with Crippen molar-refractivity contribution in [2.45, 2.75) is 26.8 Å². The molecule has 3 rings (SSSR count). The van der Waals surface area contributed by atoms with Crippen LogP contribution in [0.2, 0.25) is 0 Å². The third-order valence-corrected chi connectivity index (χ3v) is 4.26. The fourth-order valence-electron chi connectivity index (χ4n) is 2.82. The predicted octanol–water partition coefficient (Wildman–Crippen LogP) is 4.41. The number of Topliss-reactive ketones (excluding diaryl/α,β-unsaturated/α-hetero) is 1. The number of amides is 1. The van der Waals surface area contributed by atoms with Crippen molar-refractivity contribution in [3.05, 3.63) is 83.3 Å². The number of carbonyl (C=O) groups excluding carboxylic acids is 2. The molecule has 0 saturated heterocycles. The lowest BCUT2D eigenvalue weighted by atomic mass is 10.1. The van der Waals surface area contributed by atoms with Crippen molar-refractivity contribution in [1.29, 1.82) is 0 Å². The number of rotatable bonds is 6. The van der Waals surface area contributed by atoms with Crippen LogP contribution in [0.3, 0.4) is 0 Å². The highest BCUT2D eigenvalue weighted by atomic mass is 16.2. The predicted molar refractivity (Wildman–Crippen MR) is 110 cm³/mol. The normalized spacial score (nSPS) is 11.5. The second-order valence-corrected chi connectivity index (χ2v) is 6.55. The Bertz CT molecular complexity index is 1000. The molecule has 1 aromatic heterocycles. The number of ketones is 1. The molecule has 0 bridgehead atoms. The van der Waals surface area contributed by atoms with Crippen molar-refractivity contribution >= 4 is 23.2 Å².